The largest absolute Gasteiger partial charge is 0.349 e. The van der Waals surface area contributed by atoms with Gasteiger partial charge < -0.3 is 10.6 Å². The maximum absolute atomic E-state index is 4.55. The van der Waals surface area contributed by atoms with E-state index in [9.17, 15) is 0 Å². The average molecular weight is 283 g/mol. The molecular formula is C16H21N5. The molecule has 21 heavy (non-hydrogen) atoms. The molecule has 5 nitrogen and oxygen atoms in total. The third-order valence-corrected chi connectivity index (χ3v) is 3.86. The van der Waals surface area contributed by atoms with E-state index < -0.39 is 0 Å². The fourth-order valence-electron chi connectivity index (χ4n) is 2.65. The van der Waals surface area contributed by atoms with E-state index in [0.717, 1.165) is 43.9 Å². The number of hydrogen-bond donors (Lipinski definition) is 2. The minimum atomic E-state index is 0.614. The van der Waals surface area contributed by atoms with Gasteiger partial charge in [-0.3, -0.25) is 0 Å². The van der Waals surface area contributed by atoms with E-state index in [2.05, 4.69) is 57.9 Å². The number of fused-ring (bicyclic) bond motifs is 1. The molecule has 0 aliphatic carbocycles. The lowest BCUT2D eigenvalue weighted by Gasteiger charge is -2.09. The summed E-state index contributed by atoms with van der Waals surface area (Å²) in [6.45, 7) is 6.85. The summed E-state index contributed by atoms with van der Waals surface area (Å²) in [7, 11) is 0. The zero-order chi connectivity index (χ0) is 14.7. The van der Waals surface area contributed by atoms with Crippen molar-refractivity contribution in [3.63, 3.8) is 0 Å². The van der Waals surface area contributed by atoms with Gasteiger partial charge >= 0.3 is 0 Å². The summed E-state index contributed by atoms with van der Waals surface area (Å²) in [5.41, 5.74) is 6.07. The van der Waals surface area contributed by atoms with Crippen molar-refractivity contribution >= 4 is 5.95 Å². The molecule has 2 aromatic rings. The molecule has 1 aromatic carbocycles. The predicted octanol–water partition coefficient (Wildman–Crippen LogP) is 2.21. The molecule has 1 aliphatic rings. The summed E-state index contributed by atoms with van der Waals surface area (Å²) in [5.74, 6) is 0.614. The second kappa shape index (κ2) is 6.18. The van der Waals surface area contributed by atoms with Crippen LogP contribution in [0.4, 0.5) is 5.95 Å². The van der Waals surface area contributed by atoms with Gasteiger partial charge in [0.2, 0.25) is 5.95 Å². The Morgan fingerprint density at radius 3 is 2.67 bits per heavy atom. The molecule has 3 rings (SSSR count). The van der Waals surface area contributed by atoms with E-state index in [1.807, 2.05) is 0 Å². The lowest BCUT2D eigenvalue weighted by atomic mass is 10.1. The fraction of sp³-hybridized carbons (Fsp3) is 0.438. The highest BCUT2D eigenvalue weighted by molar-refractivity contribution is 5.36. The molecule has 110 valence electrons. The first-order valence-electron chi connectivity index (χ1n) is 7.58. The molecule has 5 heteroatoms. The second-order valence-corrected chi connectivity index (χ2v) is 5.30. The maximum Gasteiger partial charge on any atom is 0.243 e. The first-order chi connectivity index (χ1) is 10.3. The monoisotopic (exact) mass is 283 g/mol. The molecule has 0 atom stereocenters. The van der Waals surface area contributed by atoms with Crippen LogP contribution in [0.15, 0.2) is 18.2 Å². The number of hydrogen-bond acceptors (Lipinski definition) is 5. The van der Waals surface area contributed by atoms with Crippen molar-refractivity contribution in [1.82, 2.24) is 20.5 Å². The van der Waals surface area contributed by atoms with Crippen LogP contribution in [0, 0.1) is 0 Å². The Morgan fingerprint density at radius 2 is 1.86 bits per heavy atom. The van der Waals surface area contributed by atoms with Crippen LogP contribution in [0.1, 0.15) is 41.9 Å². The molecule has 2 N–H and O–H groups in total. The summed E-state index contributed by atoms with van der Waals surface area (Å²) < 4.78 is 0. The number of rotatable bonds is 5. The van der Waals surface area contributed by atoms with Crippen LogP contribution in [0.25, 0.3) is 0 Å². The topological polar surface area (TPSA) is 62.7 Å². The third-order valence-electron chi connectivity index (χ3n) is 3.86. The van der Waals surface area contributed by atoms with Crippen molar-refractivity contribution in [1.29, 1.82) is 0 Å². The van der Waals surface area contributed by atoms with Crippen LogP contribution in [0.5, 0.6) is 0 Å². The molecule has 0 spiro atoms. The summed E-state index contributed by atoms with van der Waals surface area (Å²) >= 11 is 0. The number of aromatic nitrogens is 3. The number of anilines is 1. The molecular weight excluding hydrogens is 262 g/mol. The SMILES string of the molecule is CCc1nnc(NCc2ccc3c(c2)CNC3)nc1CC. The summed E-state index contributed by atoms with van der Waals surface area (Å²) in [6, 6.07) is 6.60. The Morgan fingerprint density at radius 1 is 1.05 bits per heavy atom. The normalized spacial score (nSPS) is 13.2. The molecule has 0 bridgehead atoms. The average Bonchev–Trinajstić information content (AvgIpc) is 3.00. The molecule has 0 fully saturated rings. The molecule has 0 saturated heterocycles. The number of nitrogens with zero attached hydrogens (tertiary/aromatic N) is 3. The fourth-order valence-corrected chi connectivity index (χ4v) is 2.65. The molecule has 1 aliphatic heterocycles. The molecule has 1 aromatic heterocycles. The van der Waals surface area contributed by atoms with Crippen LogP contribution in [-0.4, -0.2) is 15.2 Å². The Balaban J connectivity index is 1.70. The molecule has 0 radical (unpaired) electrons. The lowest BCUT2D eigenvalue weighted by molar-refractivity contribution is 0.764. The van der Waals surface area contributed by atoms with E-state index in [1.54, 1.807) is 0 Å². The Bertz CT molecular complexity index is 639. The highest BCUT2D eigenvalue weighted by Gasteiger charge is 2.10. The van der Waals surface area contributed by atoms with Crippen molar-refractivity contribution in [2.24, 2.45) is 0 Å². The van der Waals surface area contributed by atoms with E-state index in [-0.39, 0.29) is 0 Å². The summed E-state index contributed by atoms with van der Waals surface area (Å²) in [4.78, 5) is 4.55. The third kappa shape index (κ3) is 3.03. The Hall–Kier alpha value is -2.01. The van der Waals surface area contributed by atoms with Gasteiger partial charge in [-0.1, -0.05) is 32.0 Å². The van der Waals surface area contributed by atoms with Gasteiger partial charge in [-0.2, -0.15) is 5.10 Å². The van der Waals surface area contributed by atoms with E-state index >= 15 is 0 Å². The Kier molecular flexibility index (Phi) is 4.10. The molecule has 0 amide bonds. The van der Waals surface area contributed by atoms with Crippen molar-refractivity contribution in [2.45, 2.75) is 46.3 Å². The Labute approximate surface area is 125 Å². The number of aryl methyl sites for hydroxylation is 2. The van der Waals surface area contributed by atoms with Gasteiger partial charge in [-0.15, -0.1) is 5.10 Å². The van der Waals surface area contributed by atoms with Gasteiger partial charge in [0.25, 0.3) is 0 Å². The second-order valence-electron chi connectivity index (χ2n) is 5.30. The summed E-state index contributed by atoms with van der Waals surface area (Å²) in [5, 5.41) is 15.0. The number of nitrogens with one attached hydrogen (secondary N) is 2. The molecule has 0 unspecified atom stereocenters. The number of benzene rings is 1. The first-order valence-corrected chi connectivity index (χ1v) is 7.58. The van der Waals surface area contributed by atoms with E-state index in [1.165, 1.54) is 16.7 Å². The van der Waals surface area contributed by atoms with Crippen LogP contribution >= 0.6 is 0 Å². The maximum atomic E-state index is 4.55. The van der Waals surface area contributed by atoms with Gasteiger partial charge in [-0.25, -0.2) is 4.98 Å². The van der Waals surface area contributed by atoms with Gasteiger partial charge in [-0.05, 0) is 29.5 Å². The van der Waals surface area contributed by atoms with E-state index in [4.69, 9.17) is 0 Å². The van der Waals surface area contributed by atoms with Crippen molar-refractivity contribution in [3.8, 4) is 0 Å². The molecule has 0 saturated carbocycles. The van der Waals surface area contributed by atoms with E-state index in [0.29, 0.717) is 5.95 Å². The zero-order valence-corrected chi connectivity index (χ0v) is 12.6. The first kappa shape index (κ1) is 13.9. The summed E-state index contributed by atoms with van der Waals surface area (Å²) in [6.07, 6.45) is 1.76. The van der Waals surface area contributed by atoms with Crippen LogP contribution in [0.3, 0.4) is 0 Å². The predicted molar refractivity (Wildman–Crippen MR) is 82.9 cm³/mol. The van der Waals surface area contributed by atoms with Gasteiger partial charge in [0.1, 0.15) is 0 Å². The minimum absolute atomic E-state index is 0.614. The van der Waals surface area contributed by atoms with Crippen LogP contribution in [-0.2, 0) is 32.5 Å². The highest BCUT2D eigenvalue weighted by Crippen LogP contribution is 2.17. The van der Waals surface area contributed by atoms with Gasteiger partial charge in [0.15, 0.2) is 0 Å². The van der Waals surface area contributed by atoms with Crippen molar-refractivity contribution in [3.05, 3.63) is 46.3 Å². The van der Waals surface area contributed by atoms with Crippen molar-refractivity contribution < 1.29 is 0 Å². The smallest absolute Gasteiger partial charge is 0.243 e. The van der Waals surface area contributed by atoms with Gasteiger partial charge in [0, 0.05) is 19.6 Å². The lowest BCUT2D eigenvalue weighted by Crippen LogP contribution is -2.09. The minimum Gasteiger partial charge on any atom is -0.349 e. The van der Waals surface area contributed by atoms with Gasteiger partial charge in [0.05, 0.1) is 11.4 Å². The highest BCUT2D eigenvalue weighted by atomic mass is 15.2. The van der Waals surface area contributed by atoms with Crippen LogP contribution < -0.4 is 10.6 Å². The zero-order valence-electron chi connectivity index (χ0n) is 12.6. The molecule has 2 heterocycles. The van der Waals surface area contributed by atoms with Crippen molar-refractivity contribution in [2.75, 3.05) is 5.32 Å². The van der Waals surface area contributed by atoms with Crippen LogP contribution in [0.2, 0.25) is 0 Å². The quantitative estimate of drug-likeness (QED) is 0.881. The standard InChI is InChI=1S/C16H21N5/c1-3-14-15(4-2)20-21-16(19-14)18-8-11-5-6-12-9-17-10-13(12)7-11/h5-7,17H,3-4,8-10H2,1-2H3,(H,18,19,21).